The van der Waals surface area contributed by atoms with E-state index in [1.54, 1.807) is 0 Å². The van der Waals surface area contributed by atoms with Crippen molar-refractivity contribution in [1.29, 1.82) is 0 Å². The highest BCUT2D eigenvalue weighted by molar-refractivity contribution is 14.0. The molecule has 0 radical (unpaired) electrons. The molecular formula is C23H38IN5O2. The zero-order valence-corrected chi connectivity index (χ0v) is 21.3. The van der Waals surface area contributed by atoms with Crippen LogP contribution in [0.4, 0.5) is 0 Å². The highest BCUT2D eigenvalue weighted by atomic mass is 127. The molecule has 0 saturated carbocycles. The molecule has 7 nitrogen and oxygen atoms in total. The van der Waals surface area contributed by atoms with E-state index in [0.29, 0.717) is 13.3 Å². The smallest absolute Gasteiger partial charge is 0.231 e. The normalized spacial score (nSPS) is 21.4. The van der Waals surface area contributed by atoms with Crippen LogP contribution in [0.3, 0.4) is 0 Å². The Morgan fingerprint density at radius 2 is 1.77 bits per heavy atom. The van der Waals surface area contributed by atoms with E-state index in [1.165, 1.54) is 58.3 Å². The van der Waals surface area contributed by atoms with Gasteiger partial charge < -0.3 is 25.0 Å². The van der Waals surface area contributed by atoms with Gasteiger partial charge in [0.2, 0.25) is 6.79 Å². The van der Waals surface area contributed by atoms with Crippen LogP contribution in [0.1, 0.15) is 44.6 Å². The molecule has 0 amide bonds. The lowest BCUT2D eigenvalue weighted by Gasteiger charge is -2.50. The van der Waals surface area contributed by atoms with Crippen LogP contribution in [0.5, 0.6) is 11.5 Å². The number of likely N-dealkylation sites (tertiary alicyclic amines) is 2. The molecule has 0 bridgehead atoms. The van der Waals surface area contributed by atoms with Crippen molar-refractivity contribution in [2.75, 3.05) is 53.1 Å². The summed E-state index contributed by atoms with van der Waals surface area (Å²) in [5, 5.41) is 7.12. The van der Waals surface area contributed by atoms with Gasteiger partial charge in [0.1, 0.15) is 0 Å². The van der Waals surface area contributed by atoms with Crippen molar-refractivity contribution in [3.05, 3.63) is 23.8 Å². The third kappa shape index (κ3) is 6.16. The molecule has 2 saturated heterocycles. The summed E-state index contributed by atoms with van der Waals surface area (Å²) in [5.41, 5.74) is 1.36. The van der Waals surface area contributed by atoms with E-state index in [4.69, 9.17) is 14.5 Å². The first-order valence-corrected chi connectivity index (χ1v) is 11.5. The number of piperidine rings is 2. The number of aliphatic imine (C=N–C) groups is 1. The number of guanidine groups is 1. The standard InChI is InChI=1S/C23H37N5O2.HI/c1-3-24-22(25-16-19-7-8-20-21(15-19)30-18-29-20)26-17-23(9-13-27(2)14-10-23)28-11-5-4-6-12-28;/h7-8,15H,3-6,9-14,16-18H2,1-2H3,(H2,24,25,26);1H. The average Bonchev–Trinajstić information content (AvgIpc) is 3.25. The minimum atomic E-state index is 0. The lowest BCUT2D eigenvalue weighted by atomic mass is 9.84. The molecule has 0 atom stereocenters. The quantitative estimate of drug-likeness (QED) is 0.327. The number of hydrogen-bond acceptors (Lipinski definition) is 5. The maximum atomic E-state index is 5.50. The molecule has 2 N–H and O–H groups in total. The van der Waals surface area contributed by atoms with E-state index in [-0.39, 0.29) is 29.5 Å². The van der Waals surface area contributed by atoms with Gasteiger partial charge in [0.05, 0.1) is 6.54 Å². The zero-order chi connectivity index (χ0) is 20.8. The molecule has 1 aromatic carbocycles. The summed E-state index contributed by atoms with van der Waals surface area (Å²) in [5.74, 6) is 2.53. The van der Waals surface area contributed by atoms with Crippen LogP contribution in [0.2, 0.25) is 0 Å². The number of benzene rings is 1. The Morgan fingerprint density at radius 3 is 2.52 bits per heavy atom. The summed E-state index contributed by atoms with van der Waals surface area (Å²) in [6.07, 6.45) is 6.47. The van der Waals surface area contributed by atoms with Crippen molar-refractivity contribution < 1.29 is 9.47 Å². The second kappa shape index (κ2) is 11.6. The molecule has 4 rings (SSSR count). The fourth-order valence-electron chi connectivity index (χ4n) is 4.81. The fraction of sp³-hybridized carbons (Fsp3) is 0.696. The molecule has 31 heavy (non-hydrogen) atoms. The number of ether oxygens (including phenoxy) is 2. The first-order valence-electron chi connectivity index (χ1n) is 11.5. The van der Waals surface area contributed by atoms with E-state index in [0.717, 1.165) is 36.1 Å². The van der Waals surface area contributed by atoms with Crippen molar-refractivity contribution >= 4 is 29.9 Å². The highest BCUT2D eigenvalue weighted by Gasteiger charge is 2.39. The first-order chi connectivity index (χ1) is 14.7. The van der Waals surface area contributed by atoms with Gasteiger partial charge in [-0.3, -0.25) is 4.90 Å². The number of nitrogens with one attached hydrogen (secondary N) is 2. The summed E-state index contributed by atoms with van der Waals surface area (Å²) in [7, 11) is 2.24. The topological polar surface area (TPSA) is 61.4 Å². The van der Waals surface area contributed by atoms with Gasteiger partial charge in [0.25, 0.3) is 0 Å². The van der Waals surface area contributed by atoms with Gasteiger partial charge in [0, 0.05) is 18.6 Å². The van der Waals surface area contributed by atoms with Crippen molar-refractivity contribution in [2.45, 2.75) is 51.1 Å². The molecule has 1 aromatic rings. The fourth-order valence-corrected chi connectivity index (χ4v) is 4.81. The van der Waals surface area contributed by atoms with Crippen molar-refractivity contribution in [3.8, 4) is 11.5 Å². The van der Waals surface area contributed by atoms with Gasteiger partial charge in [-0.05, 0) is 83.5 Å². The Hall–Kier alpha value is -1.26. The summed E-state index contributed by atoms with van der Waals surface area (Å²) in [4.78, 5) is 10.1. The lowest BCUT2D eigenvalue weighted by molar-refractivity contribution is 0.0173. The molecule has 0 aliphatic carbocycles. The Kier molecular flexibility index (Phi) is 9.09. The minimum absolute atomic E-state index is 0. The number of hydrogen-bond donors (Lipinski definition) is 2. The Labute approximate surface area is 204 Å². The summed E-state index contributed by atoms with van der Waals surface area (Å²) in [6.45, 7) is 9.65. The predicted molar refractivity (Wildman–Crippen MR) is 136 cm³/mol. The first kappa shape index (κ1) is 24.4. The van der Waals surface area contributed by atoms with Crippen LogP contribution < -0.4 is 20.1 Å². The molecule has 0 aromatic heterocycles. The number of halogens is 1. The van der Waals surface area contributed by atoms with Crippen molar-refractivity contribution in [1.82, 2.24) is 20.4 Å². The monoisotopic (exact) mass is 543 g/mol. The van der Waals surface area contributed by atoms with Gasteiger partial charge in [-0.25, -0.2) is 4.99 Å². The predicted octanol–water partition coefficient (Wildman–Crippen LogP) is 3.04. The van der Waals surface area contributed by atoms with E-state index in [9.17, 15) is 0 Å². The average molecular weight is 543 g/mol. The highest BCUT2D eigenvalue weighted by Crippen LogP contribution is 2.33. The zero-order valence-electron chi connectivity index (χ0n) is 19.0. The largest absolute Gasteiger partial charge is 0.454 e. The maximum absolute atomic E-state index is 5.50. The molecule has 3 aliphatic rings. The van der Waals surface area contributed by atoms with Gasteiger partial charge >= 0.3 is 0 Å². The second-order valence-electron chi connectivity index (χ2n) is 8.81. The van der Waals surface area contributed by atoms with Gasteiger partial charge in [0.15, 0.2) is 17.5 Å². The third-order valence-electron chi connectivity index (χ3n) is 6.73. The Bertz CT molecular complexity index is 731. The Balaban J connectivity index is 0.00000272. The summed E-state index contributed by atoms with van der Waals surface area (Å²) in [6, 6.07) is 6.06. The molecule has 0 unspecified atom stereocenters. The van der Waals surface area contributed by atoms with Crippen LogP contribution in [0.25, 0.3) is 0 Å². The molecule has 174 valence electrons. The number of fused-ring (bicyclic) bond motifs is 1. The third-order valence-corrected chi connectivity index (χ3v) is 6.73. The second-order valence-corrected chi connectivity index (χ2v) is 8.81. The van der Waals surface area contributed by atoms with Crippen LogP contribution in [0, 0.1) is 0 Å². The molecular weight excluding hydrogens is 505 g/mol. The maximum Gasteiger partial charge on any atom is 0.231 e. The number of nitrogens with zero attached hydrogens (tertiary/aromatic N) is 3. The molecule has 8 heteroatoms. The summed E-state index contributed by atoms with van der Waals surface area (Å²) < 4.78 is 10.9. The molecule has 2 fully saturated rings. The van der Waals surface area contributed by atoms with Crippen LogP contribution in [-0.2, 0) is 6.54 Å². The summed E-state index contributed by atoms with van der Waals surface area (Å²) >= 11 is 0. The molecule has 3 heterocycles. The van der Waals surface area contributed by atoms with E-state index in [2.05, 4.69) is 40.5 Å². The molecule has 3 aliphatic heterocycles. The Morgan fingerprint density at radius 1 is 1.03 bits per heavy atom. The van der Waals surface area contributed by atoms with E-state index in [1.807, 2.05) is 12.1 Å². The van der Waals surface area contributed by atoms with Gasteiger partial charge in [-0.1, -0.05) is 12.5 Å². The molecule has 0 spiro atoms. The lowest BCUT2D eigenvalue weighted by Crippen LogP contribution is -2.62. The van der Waals surface area contributed by atoms with Crippen LogP contribution in [-0.4, -0.2) is 74.4 Å². The van der Waals surface area contributed by atoms with Crippen molar-refractivity contribution in [3.63, 3.8) is 0 Å². The van der Waals surface area contributed by atoms with E-state index < -0.39 is 0 Å². The van der Waals surface area contributed by atoms with Gasteiger partial charge in [-0.2, -0.15) is 0 Å². The SMILES string of the molecule is CCNC(=NCc1ccc2c(c1)OCO2)NCC1(N2CCCCC2)CCN(C)CC1.I. The van der Waals surface area contributed by atoms with E-state index >= 15 is 0 Å². The van der Waals surface area contributed by atoms with Crippen molar-refractivity contribution in [2.24, 2.45) is 4.99 Å². The minimum Gasteiger partial charge on any atom is -0.454 e. The number of rotatable bonds is 6. The van der Waals surface area contributed by atoms with Crippen LogP contribution in [0.15, 0.2) is 23.2 Å². The van der Waals surface area contributed by atoms with Gasteiger partial charge in [-0.15, -0.1) is 24.0 Å². The van der Waals surface area contributed by atoms with Crippen LogP contribution >= 0.6 is 24.0 Å².